The third-order valence-electron chi connectivity index (χ3n) is 6.22. The molecule has 0 N–H and O–H groups in total. The van der Waals surface area contributed by atoms with Crippen molar-refractivity contribution in [1.82, 2.24) is 24.7 Å². The summed E-state index contributed by atoms with van der Waals surface area (Å²) in [6.45, 7) is 6.32. The van der Waals surface area contributed by atoms with Crippen molar-refractivity contribution in [2.75, 3.05) is 32.7 Å². The lowest BCUT2D eigenvalue weighted by Crippen LogP contribution is -2.63. The van der Waals surface area contributed by atoms with E-state index in [2.05, 4.69) is 21.8 Å². The van der Waals surface area contributed by atoms with Gasteiger partial charge in [0.05, 0.1) is 0 Å². The van der Waals surface area contributed by atoms with Crippen LogP contribution in [0.4, 0.5) is 0 Å². The molecule has 0 radical (unpaired) electrons. The molecule has 1 aromatic rings. The van der Waals surface area contributed by atoms with Crippen LogP contribution in [0.15, 0.2) is 12.4 Å². The Hall–Kier alpha value is -2.02. The van der Waals surface area contributed by atoms with Gasteiger partial charge in [0.1, 0.15) is 0 Å². The van der Waals surface area contributed by atoms with E-state index < -0.39 is 0 Å². The molecule has 0 aromatic carbocycles. The van der Waals surface area contributed by atoms with Crippen molar-refractivity contribution in [3.05, 3.63) is 23.8 Å². The van der Waals surface area contributed by atoms with Crippen molar-refractivity contribution >= 4 is 11.8 Å². The molecule has 7 heteroatoms. The van der Waals surface area contributed by atoms with Crippen molar-refractivity contribution in [3.63, 3.8) is 0 Å². The van der Waals surface area contributed by atoms with Gasteiger partial charge in [-0.2, -0.15) is 0 Å². The monoisotopic (exact) mass is 371 g/mol. The Morgan fingerprint density at radius 1 is 0.852 bits per heavy atom. The summed E-state index contributed by atoms with van der Waals surface area (Å²) in [6.07, 6.45) is 9.96. The number of amides is 2. The number of hydrogen-bond acceptors (Lipinski definition) is 5. The van der Waals surface area contributed by atoms with Crippen molar-refractivity contribution in [2.45, 2.75) is 57.5 Å². The van der Waals surface area contributed by atoms with Crippen LogP contribution in [0.5, 0.6) is 0 Å². The second-order valence-corrected chi connectivity index (χ2v) is 8.05. The van der Waals surface area contributed by atoms with Gasteiger partial charge in [0, 0.05) is 50.7 Å². The van der Waals surface area contributed by atoms with Crippen LogP contribution in [-0.4, -0.2) is 81.3 Å². The minimum Gasteiger partial charge on any atom is -0.337 e. The zero-order chi connectivity index (χ0) is 18.8. The molecule has 0 saturated carbocycles. The summed E-state index contributed by atoms with van der Waals surface area (Å²) in [5.74, 6) is -0.322. The Morgan fingerprint density at radius 2 is 1.44 bits per heavy atom. The van der Waals surface area contributed by atoms with Crippen LogP contribution in [0, 0.1) is 0 Å². The van der Waals surface area contributed by atoms with E-state index in [4.69, 9.17) is 0 Å². The molecule has 0 aliphatic carbocycles. The Labute approximate surface area is 160 Å². The summed E-state index contributed by atoms with van der Waals surface area (Å²) in [4.78, 5) is 40.4. The molecular weight excluding hydrogens is 342 g/mol. The zero-order valence-corrected chi connectivity index (χ0v) is 16.1. The molecular formula is C20H29N5O2. The Balaban J connectivity index is 1.43. The van der Waals surface area contributed by atoms with Gasteiger partial charge in [-0.15, -0.1) is 0 Å². The fourth-order valence-electron chi connectivity index (χ4n) is 4.54. The van der Waals surface area contributed by atoms with Crippen LogP contribution < -0.4 is 0 Å². The predicted molar refractivity (Wildman–Crippen MR) is 101 cm³/mol. The Morgan fingerprint density at radius 3 is 2.07 bits per heavy atom. The summed E-state index contributed by atoms with van der Waals surface area (Å²) in [6, 6.07) is 1.02. The maximum atomic E-state index is 13.0. The smallest absolute Gasteiger partial charge is 0.275 e. The zero-order valence-electron chi connectivity index (χ0n) is 16.1. The van der Waals surface area contributed by atoms with Crippen LogP contribution in [0.1, 0.15) is 66.4 Å². The molecule has 4 rings (SSSR count). The molecule has 0 unspecified atom stereocenters. The van der Waals surface area contributed by atoms with Gasteiger partial charge in [-0.05, 0) is 45.6 Å². The number of carbonyl (C=O) groups excluding carboxylic acids is 2. The topological polar surface area (TPSA) is 69.6 Å². The molecule has 2 amide bonds. The molecule has 1 atom stereocenters. The predicted octanol–water partition coefficient (Wildman–Crippen LogP) is 1.80. The molecule has 7 nitrogen and oxygen atoms in total. The normalized spacial score (nSPS) is 24.6. The van der Waals surface area contributed by atoms with Gasteiger partial charge >= 0.3 is 0 Å². The summed E-state index contributed by atoms with van der Waals surface area (Å²) < 4.78 is 0. The van der Waals surface area contributed by atoms with Crippen molar-refractivity contribution in [2.24, 2.45) is 0 Å². The number of piperidine rings is 2. The highest BCUT2D eigenvalue weighted by molar-refractivity contribution is 6.04. The highest BCUT2D eigenvalue weighted by Gasteiger charge is 2.39. The van der Waals surface area contributed by atoms with E-state index in [1.807, 2.05) is 4.90 Å². The highest BCUT2D eigenvalue weighted by atomic mass is 16.2. The third-order valence-corrected chi connectivity index (χ3v) is 6.22. The first-order valence-electron chi connectivity index (χ1n) is 10.3. The van der Waals surface area contributed by atoms with E-state index in [0.717, 1.165) is 52.0 Å². The molecule has 3 aliphatic rings. The minimum absolute atomic E-state index is 0.159. The fourth-order valence-corrected chi connectivity index (χ4v) is 4.54. The number of hydrogen-bond donors (Lipinski definition) is 0. The van der Waals surface area contributed by atoms with Gasteiger partial charge < -0.3 is 9.80 Å². The SMILES string of the molecule is C[C@H]1CCCCN1C1CN(C(=O)c2nccnc2C(=O)N2CCCCC2)C1. The molecule has 0 bridgehead atoms. The highest BCUT2D eigenvalue weighted by Crippen LogP contribution is 2.25. The summed E-state index contributed by atoms with van der Waals surface area (Å²) in [7, 11) is 0. The molecule has 0 spiro atoms. The average Bonchev–Trinajstić information content (AvgIpc) is 2.68. The number of nitrogens with zero attached hydrogens (tertiary/aromatic N) is 5. The number of aromatic nitrogens is 2. The average molecular weight is 371 g/mol. The van der Waals surface area contributed by atoms with Gasteiger partial charge in [-0.3, -0.25) is 14.5 Å². The van der Waals surface area contributed by atoms with E-state index in [-0.39, 0.29) is 23.2 Å². The molecule has 3 aliphatic heterocycles. The first kappa shape index (κ1) is 18.3. The van der Waals surface area contributed by atoms with Crippen LogP contribution in [0.2, 0.25) is 0 Å². The van der Waals surface area contributed by atoms with Gasteiger partial charge in [-0.1, -0.05) is 6.42 Å². The van der Waals surface area contributed by atoms with Crippen LogP contribution >= 0.6 is 0 Å². The largest absolute Gasteiger partial charge is 0.337 e. The summed E-state index contributed by atoms with van der Waals surface area (Å²) in [5.41, 5.74) is 0.414. The second kappa shape index (κ2) is 7.92. The standard InChI is InChI=1S/C20H29N5O2/c1-15-7-3-6-12-25(15)16-13-24(14-16)20(27)18-17(21-8-9-22-18)19(26)23-10-4-2-5-11-23/h8-9,15-16H,2-7,10-14H2,1H3/t15-/m0/s1. The van der Waals surface area contributed by atoms with Gasteiger partial charge in [0.2, 0.25) is 0 Å². The quantitative estimate of drug-likeness (QED) is 0.810. The summed E-state index contributed by atoms with van der Waals surface area (Å²) >= 11 is 0. The molecule has 3 saturated heterocycles. The van der Waals surface area contributed by atoms with Crippen LogP contribution in [-0.2, 0) is 0 Å². The van der Waals surface area contributed by atoms with E-state index >= 15 is 0 Å². The van der Waals surface area contributed by atoms with Gasteiger partial charge in [-0.25, -0.2) is 9.97 Å². The maximum absolute atomic E-state index is 13.0. The van der Waals surface area contributed by atoms with Gasteiger partial charge in [0.15, 0.2) is 11.4 Å². The van der Waals surface area contributed by atoms with Crippen molar-refractivity contribution in [3.8, 4) is 0 Å². The lowest BCUT2D eigenvalue weighted by molar-refractivity contribution is 0.00166. The molecule has 146 valence electrons. The van der Waals surface area contributed by atoms with Crippen molar-refractivity contribution < 1.29 is 9.59 Å². The first-order chi connectivity index (χ1) is 13.1. The van der Waals surface area contributed by atoms with Gasteiger partial charge in [0.25, 0.3) is 11.8 Å². The van der Waals surface area contributed by atoms with E-state index in [1.54, 1.807) is 4.90 Å². The Bertz CT molecular complexity index is 697. The van der Waals surface area contributed by atoms with E-state index in [1.165, 1.54) is 31.7 Å². The fraction of sp³-hybridized carbons (Fsp3) is 0.700. The molecule has 3 fully saturated rings. The maximum Gasteiger partial charge on any atom is 0.275 e. The minimum atomic E-state index is -0.163. The van der Waals surface area contributed by atoms with E-state index in [9.17, 15) is 9.59 Å². The molecule has 4 heterocycles. The number of likely N-dealkylation sites (tertiary alicyclic amines) is 3. The molecule has 1 aromatic heterocycles. The second-order valence-electron chi connectivity index (χ2n) is 8.05. The van der Waals surface area contributed by atoms with Crippen LogP contribution in [0.3, 0.4) is 0 Å². The lowest BCUT2D eigenvalue weighted by atomic mass is 9.97. The van der Waals surface area contributed by atoms with Crippen LogP contribution in [0.25, 0.3) is 0 Å². The Kier molecular flexibility index (Phi) is 5.38. The first-order valence-corrected chi connectivity index (χ1v) is 10.3. The summed E-state index contributed by atoms with van der Waals surface area (Å²) in [5, 5.41) is 0. The molecule has 27 heavy (non-hydrogen) atoms. The lowest BCUT2D eigenvalue weighted by Gasteiger charge is -2.49. The number of rotatable bonds is 3. The third kappa shape index (κ3) is 3.70. The number of carbonyl (C=O) groups is 2. The van der Waals surface area contributed by atoms with E-state index in [0.29, 0.717) is 12.1 Å². The van der Waals surface area contributed by atoms with Crippen molar-refractivity contribution in [1.29, 1.82) is 0 Å².